The van der Waals surface area contributed by atoms with Crippen molar-refractivity contribution in [2.75, 3.05) is 14.2 Å². The van der Waals surface area contributed by atoms with E-state index in [1.165, 1.54) is 33.5 Å². The summed E-state index contributed by atoms with van der Waals surface area (Å²) in [5.74, 6) is 2.46. The first-order valence-corrected chi connectivity index (χ1v) is 10.2. The molecule has 4 bridgehead atoms. The molecular weight excluding hydrogens is 358 g/mol. The molecule has 6 heteroatoms. The number of nitrogens with one attached hydrogen (secondary N) is 1. The number of methoxy groups -OCH3 is 2. The molecule has 6 nitrogen and oxygen atoms in total. The molecule has 28 heavy (non-hydrogen) atoms. The fraction of sp³-hybridized carbons (Fsp3) is 0.636. The normalized spacial score (nSPS) is 31.2. The summed E-state index contributed by atoms with van der Waals surface area (Å²) in [6, 6.07) is 4.84. The van der Waals surface area contributed by atoms with Gasteiger partial charge in [0.2, 0.25) is 0 Å². The van der Waals surface area contributed by atoms with Crippen LogP contribution >= 0.6 is 0 Å². The lowest BCUT2D eigenvalue weighted by Gasteiger charge is -2.57. The smallest absolute Gasteiger partial charge is 0.339 e. The van der Waals surface area contributed by atoms with Crippen LogP contribution in [-0.2, 0) is 9.53 Å². The van der Waals surface area contributed by atoms with E-state index in [1.54, 1.807) is 25.1 Å². The average Bonchev–Trinajstić information content (AvgIpc) is 2.65. The van der Waals surface area contributed by atoms with Crippen molar-refractivity contribution in [3.63, 3.8) is 0 Å². The van der Waals surface area contributed by atoms with Crippen LogP contribution in [0, 0.1) is 17.8 Å². The molecule has 0 saturated heterocycles. The summed E-state index contributed by atoms with van der Waals surface area (Å²) in [7, 11) is 3.04. The van der Waals surface area contributed by atoms with Crippen molar-refractivity contribution in [1.82, 2.24) is 5.32 Å². The Hall–Kier alpha value is -2.24. The van der Waals surface area contributed by atoms with Gasteiger partial charge < -0.3 is 19.5 Å². The summed E-state index contributed by atoms with van der Waals surface area (Å²) in [6.45, 7) is 1.63. The second-order valence-corrected chi connectivity index (χ2v) is 8.84. The predicted molar refractivity (Wildman–Crippen MR) is 103 cm³/mol. The number of rotatable bonds is 6. The van der Waals surface area contributed by atoms with Crippen LogP contribution in [0.2, 0.25) is 0 Å². The van der Waals surface area contributed by atoms with Gasteiger partial charge in [0.25, 0.3) is 5.91 Å². The number of carbonyl (C=O) groups is 2. The van der Waals surface area contributed by atoms with Crippen molar-refractivity contribution in [2.24, 2.45) is 17.8 Å². The van der Waals surface area contributed by atoms with Gasteiger partial charge in [0, 0.05) is 11.6 Å². The highest BCUT2D eigenvalue weighted by molar-refractivity contribution is 5.93. The molecule has 0 aliphatic heterocycles. The highest BCUT2D eigenvalue weighted by Gasteiger charge is 2.51. The number of hydrogen-bond donors (Lipinski definition) is 1. The van der Waals surface area contributed by atoms with E-state index < -0.39 is 12.1 Å². The van der Waals surface area contributed by atoms with Crippen LogP contribution in [0.15, 0.2) is 18.2 Å². The molecule has 1 N–H and O–H groups in total. The summed E-state index contributed by atoms with van der Waals surface area (Å²) in [5, 5.41) is 3.26. The minimum absolute atomic E-state index is 0.0916. The van der Waals surface area contributed by atoms with Crippen LogP contribution in [0.1, 0.15) is 55.8 Å². The molecule has 4 saturated carbocycles. The third-order valence-electron chi connectivity index (χ3n) is 6.67. The molecule has 4 fully saturated rings. The van der Waals surface area contributed by atoms with E-state index in [0.29, 0.717) is 17.1 Å². The van der Waals surface area contributed by atoms with Crippen molar-refractivity contribution in [2.45, 2.75) is 57.1 Å². The Kier molecular flexibility index (Phi) is 4.98. The molecule has 0 spiro atoms. The molecule has 152 valence electrons. The van der Waals surface area contributed by atoms with Gasteiger partial charge in [-0.25, -0.2) is 4.79 Å². The van der Waals surface area contributed by atoms with Crippen molar-refractivity contribution >= 4 is 11.9 Å². The highest BCUT2D eigenvalue weighted by atomic mass is 16.5. The molecule has 1 atom stereocenters. The molecule has 4 aliphatic carbocycles. The summed E-state index contributed by atoms with van der Waals surface area (Å²) >= 11 is 0. The van der Waals surface area contributed by atoms with Crippen LogP contribution in [-0.4, -0.2) is 37.7 Å². The number of carbonyl (C=O) groups excluding carboxylic acids is 2. The topological polar surface area (TPSA) is 73.9 Å². The standard InChI is InChI=1S/C22H29NO5/c1-13(28-21(25)17-7-18(26-2)9-19(8-17)27-3)20(24)23-22-10-14-4-15(11-22)6-16(5-14)12-22/h7-9,13-16H,4-6,10-12H2,1-3H3,(H,23,24)/t13-,14?,15?,16?,22?/m1/s1. The van der Waals surface area contributed by atoms with Crippen LogP contribution in [0.5, 0.6) is 11.5 Å². The molecule has 5 rings (SSSR count). The molecule has 4 aliphatic rings. The van der Waals surface area contributed by atoms with Gasteiger partial charge in [-0.05, 0) is 75.3 Å². The van der Waals surface area contributed by atoms with E-state index in [-0.39, 0.29) is 11.4 Å². The van der Waals surface area contributed by atoms with Gasteiger partial charge in [0.05, 0.1) is 19.8 Å². The molecule has 1 aromatic rings. The van der Waals surface area contributed by atoms with Crippen molar-refractivity contribution < 1.29 is 23.8 Å². The zero-order chi connectivity index (χ0) is 19.9. The first-order chi connectivity index (χ1) is 13.4. The van der Waals surface area contributed by atoms with Crippen molar-refractivity contribution in [1.29, 1.82) is 0 Å². The fourth-order valence-electron chi connectivity index (χ4n) is 5.83. The van der Waals surface area contributed by atoms with E-state index >= 15 is 0 Å². The lowest BCUT2D eigenvalue weighted by molar-refractivity contribution is -0.134. The minimum atomic E-state index is -0.849. The molecule has 1 amide bonds. The number of amides is 1. The molecule has 0 heterocycles. The van der Waals surface area contributed by atoms with Gasteiger partial charge in [0.1, 0.15) is 11.5 Å². The lowest BCUT2D eigenvalue weighted by Crippen LogP contribution is -2.61. The summed E-state index contributed by atoms with van der Waals surface area (Å²) in [4.78, 5) is 25.3. The Morgan fingerprint density at radius 3 is 1.93 bits per heavy atom. The van der Waals surface area contributed by atoms with Gasteiger partial charge in [-0.2, -0.15) is 0 Å². The van der Waals surface area contributed by atoms with Gasteiger partial charge in [-0.15, -0.1) is 0 Å². The maximum absolute atomic E-state index is 12.8. The van der Waals surface area contributed by atoms with E-state index in [2.05, 4.69) is 5.32 Å². The number of benzene rings is 1. The molecule has 0 radical (unpaired) electrons. The van der Waals surface area contributed by atoms with E-state index in [0.717, 1.165) is 37.0 Å². The quantitative estimate of drug-likeness (QED) is 0.758. The monoisotopic (exact) mass is 387 g/mol. The first kappa shape index (κ1) is 19.1. The van der Waals surface area contributed by atoms with Crippen LogP contribution in [0.25, 0.3) is 0 Å². The van der Waals surface area contributed by atoms with Crippen LogP contribution in [0.3, 0.4) is 0 Å². The molecular formula is C22H29NO5. The van der Waals surface area contributed by atoms with Gasteiger partial charge >= 0.3 is 5.97 Å². The Balaban J connectivity index is 1.40. The Bertz CT molecular complexity index is 717. The predicted octanol–water partition coefficient (Wildman–Crippen LogP) is 3.33. The Labute approximate surface area is 165 Å². The third kappa shape index (κ3) is 3.69. The van der Waals surface area contributed by atoms with E-state index in [4.69, 9.17) is 14.2 Å². The minimum Gasteiger partial charge on any atom is -0.497 e. The second kappa shape index (κ2) is 7.30. The molecule has 1 aromatic carbocycles. The Morgan fingerprint density at radius 2 is 1.46 bits per heavy atom. The molecule has 0 aromatic heterocycles. The van der Waals surface area contributed by atoms with Crippen molar-refractivity contribution in [3.8, 4) is 11.5 Å². The summed E-state index contributed by atoms with van der Waals surface area (Å²) in [5.41, 5.74) is 0.205. The number of hydrogen-bond acceptors (Lipinski definition) is 5. The van der Waals surface area contributed by atoms with Gasteiger partial charge in [0.15, 0.2) is 6.10 Å². The lowest BCUT2D eigenvalue weighted by atomic mass is 9.53. The van der Waals surface area contributed by atoms with Gasteiger partial charge in [-0.1, -0.05) is 0 Å². The SMILES string of the molecule is COc1cc(OC)cc(C(=O)O[C@H](C)C(=O)NC23CC4CC(CC(C4)C2)C3)c1. The van der Waals surface area contributed by atoms with Crippen molar-refractivity contribution in [3.05, 3.63) is 23.8 Å². The highest BCUT2D eigenvalue weighted by Crippen LogP contribution is 2.55. The molecule has 0 unspecified atom stereocenters. The zero-order valence-corrected chi connectivity index (χ0v) is 16.8. The zero-order valence-electron chi connectivity index (χ0n) is 16.8. The van der Waals surface area contributed by atoms with E-state index in [9.17, 15) is 9.59 Å². The van der Waals surface area contributed by atoms with Gasteiger partial charge in [-0.3, -0.25) is 4.79 Å². The Morgan fingerprint density at radius 1 is 0.964 bits per heavy atom. The maximum Gasteiger partial charge on any atom is 0.339 e. The number of esters is 1. The second-order valence-electron chi connectivity index (χ2n) is 8.84. The maximum atomic E-state index is 12.8. The van der Waals surface area contributed by atoms with Crippen LogP contribution in [0.4, 0.5) is 0 Å². The van der Waals surface area contributed by atoms with Crippen LogP contribution < -0.4 is 14.8 Å². The fourth-order valence-corrected chi connectivity index (χ4v) is 5.83. The largest absolute Gasteiger partial charge is 0.497 e. The first-order valence-electron chi connectivity index (χ1n) is 10.2. The summed E-state index contributed by atoms with van der Waals surface area (Å²) < 4.78 is 15.8. The number of ether oxygens (including phenoxy) is 3. The third-order valence-corrected chi connectivity index (χ3v) is 6.67. The summed E-state index contributed by atoms with van der Waals surface area (Å²) in [6.07, 6.45) is 6.30. The average molecular weight is 387 g/mol. The van der Waals surface area contributed by atoms with E-state index in [1.807, 2.05) is 0 Å².